The van der Waals surface area contributed by atoms with Crippen LogP contribution in [0.25, 0.3) is 0 Å². The average molecular weight is 287 g/mol. The Bertz CT molecular complexity index is 421. The summed E-state index contributed by atoms with van der Waals surface area (Å²) in [5, 5.41) is 17.4. The average Bonchev–Trinajstić information content (AvgIpc) is 2.77. The Morgan fingerprint density at radius 2 is 2.20 bits per heavy atom. The first-order chi connectivity index (χ1) is 9.60. The number of methoxy groups -OCH3 is 1. The molecule has 8 heteroatoms. The molecular formula is C12H21N3O5. The van der Waals surface area contributed by atoms with Crippen molar-refractivity contribution in [2.75, 3.05) is 33.5 Å². The summed E-state index contributed by atoms with van der Waals surface area (Å²) < 4.78 is 16.4. The molecule has 0 spiro atoms. The summed E-state index contributed by atoms with van der Waals surface area (Å²) in [6.07, 6.45) is -0.734. The zero-order chi connectivity index (χ0) is 15.0. The van der Waals surface area contributed by atoms with E-state index in [2.05, 4.69) is 10.3 Å². The van der Waals surface area contributed by atoms with Gasteiger partial charge in [-0.15, -0.1) is 5.10 Å². The summed E-state index contributed by atoms with van der Waals surface area (Å²) in [5.74, 6) is -0.512. The largest absolute Gasteiger partial charge is 0.461 e. The fourth-order valence-corrected chi connectivity index (χ4v) is 1.54. The van der Waals surface area contributed by atoms with E-state index in [0.29, 0.717) is 18.9 Å². The van der Waals surface area contributed by atoms with Gasteiger partial charge in [-0.05, 0) is 13.8 Å². The van der Waals surface area contributed by atoms with E-state index in [9.17, 15) is 9.90 Å². The van der Waals surface area contributed by atoms with Crippen LogP contribution in [0.1, 0.15) is 23.1 Å². The van der Waals surface area contributed by atoms with Gasteiger partial charge in [0.15, 0.2) is 5.69 Å². The number of aromatic nitrogens is 3. The summed E-state index contributed by atoms with van der Waals surface area (Å²) in [6, 6.07) is 0. The van der Waals surface area contributed by atoms with Crippen LogP contribution in [0.2, 0.25) is 0 Å². The molecule has 0 bridgehead atoms. The third-order valence-electron chi connectivity index (χ3n) is 2.58. The molecule has 0 aliphatic rings. The minimum atomic E-state index is -0.734. The predicted octanol–water partition coefficient (Wildman–Crippen LogP) is -0.213. The second-order valence-corrected chi connectivity index (χ2v) is 4.15. The lowest BCUT2D eigenvalue weighted by atomic mass is 10.3. The van der Waals surface area contributed by atoms with E-state index in [1.807, 2.05) is 0 Å². The molecule has 8 nitrogen and oxygen atoms in total. The lowest BCUT2D eigenvalue weighted by Crippen LogP contribution is -2.24. The van der Waals surface area contributed by atoms with Crippen LogP contribution in [-0.4, -0.2) is 65.7 Å². The predicted molar refractivity (Wildman–Crippen MR) is 69.4 cm³/mol. The molecule has 0 aliphatic carbocycles. The number of nitrogens with zero attached hydrogens (tertiary/aromatic N) is 3. The fraction of sp³-hybridized carbons (Fsp3) is 0.750. The second kappa shape index (κ2) is 8.62. The third kappa shape index (κ3) is 4.87. The molecule has 1 rings (SSSR count). The highest BCUT2D eigenvalue weighted by molar-refractivity contribution is 5.88. The highest BCUT2D eigenvalue weighted by Gasteiger charge is 2.18. The number of esters is 1. The Hall–Kier alpha value is -1.51. The zero-order valence-corrected chi connectivity index (χ0v) is 12.0. The van der Waals surface area contributed by atoms with Crippen LogP contribution in [0, 0.1) is 6.92 Å². The van der Waals surface area contributed by atoms with E-state index in [4.69, 9.17) is 14.2 Å². The summed E-state index contributed by atoms with van der Waals surface area (Å²) >= 11 is 0. The maximum absolute atomic E-state index is 11.6. The van der Waals surface area contributed by atoms with Gasteiger partial charge < -0.3 is 19.3 Å². The van der Waals surface area contributed by atoms with Crippen molar-refractivity contribution >= 4 is 5.97 Å². The molecule has 0 amide bonds. The van der Waals surface area contributed by atoms with Gasteiger partial charge in [-0.1, -0.05) is 5.21 Å². The van der Waals surface area contributed by atoms with Gasteiger partial charge in [0.05, 0.1) is 44.8 Å². The van der Waals surface area contributed by atoms with Crippen LogP contribution in [0.4, 0.5) is 0 Å². The van der Waals surface area contributed by atoms with Crippen molar-refractivity contribution in [3.05, 3.63) is 11.4 Å². The Labute approximate surface area is 117 Å². The minimum absolute atomic E-state index is 0.164. The maximum Gasteiger partial charge on any atom is 0.360 e. The molecule has 1 unspecified atom stereocenters. The van der Waals surface area contributed by atoms with Crippen LogP contribution < -0.4 is 0 Å². The van der Waals surface area contributed by atoms with Crippen LogP contribution in [0.15, 0.2) is 0 Å². The maximum atomic E-state index is 11.6. The normalized spacial score (nSPS) is 12.4. The van der Waals surface area contributed by atoms with Crippen molar-refractivity contribution < 1.29 is 24.1 Å². The van der Waals surface area contributed by atoms with Crippen molar-refractivity contribution in [1.82, 2.24) is 15.0 Å². The molecule has 0 saturated heterocycles. The number of carbonyl (C=O) groups is 1. The molecule has 1 aromatic rings. The molecule has 0 aromatic carbocycles. The molecule has 1 atom stereocenters. The zero-order valence-electron chi connectivity index (χ0n) is 12.0. The van der Waals surface area contributed by atoms with Crippen molar-refractivity contribution in [2.24, 2.45) is 0 Å². The third-order valence-corrected chi connectivity index (χ3v) is 2.58. The number of carbonyl (C=O) groups excluding carboxylic acids is 1. The van der Waals surface area contributed by atoms with Gasteiger partial charge in [-0.3, -0.25) is 0 Å². The highest BCUT2D eigenvalue weighted by atomic mass is 16.5. The SMILES string of the molecule is CCOC(=O)c1nnn(CC(O)COCCOC)c1C. The van der Waals surface area contributed by atoms with Crippen molar-refractivity contribution in [2.45, 2.75) is 26.5 Å². The monoisotopic (exact) mass is 287 g/mol. The summed E-state index contributed by atoms with van der Waals surface area (Å²) in [4.78, 5) is 11.6. The van der Waals surface area contributed by atoms with Crippen molar-refractivity contribution in [3.8, 4) is 0 Å². The number of ether oxygens (including phenoxy) is 3. The van der Waals surface area contributed by atoms with Gasteiger partial charge in [-0.2, -0.15) is 0 Å². The first-order valence-electron chi connectivity index (χ1n) is 6.42. The van der Waals surface area contributed by atoms with Gasteiger partial charge >= 0.3 is 5.97 Å². The van der Waals surface area contributed by atoms with E-state index in [0.717, 1.165) is 0 Å². The first kappa shape index (κ1) is 16.5. The van der Waals surface area contributed by atoms with E-state index >= 15 is 0 Å². The summed E-state index contributed by atoms with van der Waals surface area (Å²) in [6.45, 7) is 4.95. The Kier molecular flexibility index (Phi) is 7.13. The van der Waals surface area contributed by atoms with Gasteiger partial charge in [0.1, 0.15) is 0 Å². The number of hydrogen-bond donors (Lipinski definition) is 1. The number of rotatable bonds is 9. The Morgan fingerprint density at radius 1 is 1.45 bits per heavy atom. The smallest absolute Gasteiger partial charge is 0.360 e. The molecule has 0 aliphatic heterocycles. The molecule has 1 aromatic heterocycles. The summed E-state index contributed by atoms with van der Waals surface area (Å²) in [7, 11) is 1.58. The van der Waals surface area contributed by atoms with E-state index in [1.165, 1.54) is 4.68 Å². The second-order valence-electron chi connectivity index (χ2n) is 4.15. The minimum Gasteiger partial charge on any atom is -0.461 e. The molecule has 1 heterocycles. The Morgan fingerprint density at radius 3 is 2.85 bits per heavy atom. The quantitative estimate of drug-likeness (QED) is 0.496. The van der Waals surface area contributed by atoms with Crippen molar-refractivity contribution in [1.29, 1.82) is 0 Å². The lowest BCUT2D eigenvalue weighted by Gasteiger charge is -2.11. The van der Waals surface area contributed by atoms with Gasteiger partial charge in [0.25, 0.3) is 0 Å². The molecule has 20 heavy (non-hydrogen) atoms. The van der Waals surface area contributed by atoms with Crippen LogP contribution in [-0.2, 0) is 20.8 Å². The number of aliphatic hydroxyl groups excluding tert-OH is 1. The Balaban J connectivity index is 2.49. The van der Waals surface area contributed by atoms with E-state index < -0.39 is 12.1 Å². The summed E-state index contributed by atoms with van der Waals surface area (Å²) in [5.41, 5.74) is 0.721. The standard InChI is InChI=1S/C12H21N3O5/c1-4-20-12(17)11-9(2)15(14-13-11)7-10(16)8-19-6-5-18-3/h10,16H,4-8H2,1-3H3. The van der Waals surface area contributed by atoms with E-state index in [1.54, 1.807) is 21.0 Å². The highest BCUT2D eigenvalue weighted by Crippen LogP contribution is 2.06. The van der Waals surface area contributed by atoms with Crippen LogP contribution in [0.5, 0.6) is 0 Å². The topological polar surface area (TPSA) is 95.7 Å². The van der Waals surface area contributed by atoms with Crippen molar-refractivity contribution in [3.63, 3.8) is 0 Å². The van der Waals surface area contributed by atoms with Crippen LogP contribution >= 0.6 is 0 Å². The molecule has 1 N–H and O–H groups in total. The fourth-order valence-electron chi connectivity index (χ4n) is 1.54. The van der Waals surface area contributed by atoms with E-state index in [-0.39, 0.29) is 25.5 Å². The molecular weight excluding hydrogens is 266 g/mol. The molecule has 0 radical (unpaired) electrons. The first-order valence-corrected chi connectivity index (χ1v) is 6.42. The number of hydrogen-bond acceptors (Lipinski definition) is 7. The van der Waals surface area contributed by atoms with Crippen LogP contribution in [0.3, 0.4) is 0 Å². The van der Waals surface area contributed by atoms with Gasteiger partial charge in [0, 0.05) is 7.11 Å². The van der Waals surface area contributed by atoms with Gasteiger partial charge in [-0.25, -0.2) is 9.48 Å². The molecule has 114 valence electrons. The number of aliphatic hydroxyl groups is 1. The van der Waals surface area contributed by atoms with Gasteiger partial charge in [0.2, 0.25) is 0 Å². The molecule has 0 fully saturated rings. The molecule has 0 saturated carbocycles. The lowest BCUT2D eigenvalue weighted by molar-refractivity contribution is 0.00556.